The SMILES string of the molecule is Cc1ncc([N+](=O)[O-])n1CCOC(=O)CCCC(=O)NCNNC(=O)CCCC(=O)OCCn1c([N+](=O)[O-])cnc1C. The second-order valence-corrected chi connectivity index (χ2v) is 8.79. The maximum Gasteiger partial charge on any atom is 0.342 e. The van der Waals surface area contributed by atoms with E-state index >= 15 is 0 Å². The molecule has 19 nitrogen and oxygen atoms in total. The van der Waals surface area contributed by atoms with Crippen LogP contribution in [-0.4, -0.2) is 72.6 Å². The summed E-state index contributed by atoms with van der Waals surface area (Å²) in [5.41, 5.74) is 4.89. The summed E-state index contributed by atoms with van der Waals surface area (Å²) >= 11 is 0. The van der Waals surface area contributed by atoms with Gasteiger partial charge in [0.1, 0.15) is 38.7 Å². The fourth-order valence-electron chi connectivity index (χ4n) is 3.63. The second-order valence-electron chi connectivity index (χ2n) is 8.79. The van der Waals surface area contributed by atoms with Gasteiger partial charge in [-0.2, -0.15) is 0 Å². The van der Waals surface area contributed by atoms with Gasteiger partial charge >= 0.3 is 23.6 Å². The highest BCUT2D eigenvalue weighted by Crippen LogP contribution is 2.14. The van der Waals surface area contributed by atoms with Crippen LogP contribution in [0.5, 0.6) is 0 Å². The Hall–Kier alpha value is -4.94. The number of amides is 2. The number of ether oxygens (including phenoxy) is 2. The van der Waals surface area contributed by atoms with Crippen LogP contribution >= 0.6 is 0 Å². The standard InChI is InChI=1S/C23H33N9O10/c1-16-24-13-20(31(37)38)29(16)9-11-41-22(35)7-3-5-18(33)26-15-27-28-19(34)6-4-8-23(36)42-12-10-30-17(2)25-14-21(30)32(39)40/h13-14,27H,3-12,15H2,1-2H3,(H,26,33)(H,28,34). The summed E-state index contributed by atoms with van der Waals surface area (Å²) < 4.78 is 12.8. The van der Waals surface area contributed by atoms with Crippen molar-refractivity contribution in [3.05, 3.63) is 44.3 Å². The summed E-state index contributed by atoms with van der Waals surface area (Å²) in [4.78, 5) is 75.9. The zero-order chi connectivity index (χ0) is 31.1. The molecule has 230 valence electrons. The number of rotatable bonds is 19. The van der Waals surface area contributed by atoms with Crippen molar-refractivity contribution in [2.24, 2.45) is 0 Å². The van der Waals surface area contributed by atoms with E-state index in [1.807, 2.05) is 0 Å². The van der Waals surface area contributed by atoms with Crippen molar-refractivity contribution in [1.29, 1.82) is 0 Å². The van der Waals surface area contributed by atoms with Crippen molar-refractivity contribution in [2.75, 3.05) is 19.9 Å². The van der Waals surface area contributed by atoms with E-state index in [-0.39, 0.29) is 89.0 Å². The Kier molecular flexibility index (Phi) is 13.5. The van der Waals surface area contributed by atoms with E-state index in [9.17, 15) is 39.4 Å². The minimum atomic E-state index is -0.577. The van der Waals surface area contributed by atoms with Crippen LogP contribution in [0, 0.1) is 34.1 Å². The Morgan fingerprint density at radius 1 is 0.786 bits per heavy atom. The van der Waals surface area contributed by atoms with E-state index in [1.165, 1.54) is 9.13 Å². The summed E-state index contributed by atoms with van der Waals surface area (Å²) in [5.74, 6) is -1.44. The number of carbonyl (C=O) groups is 4. The number of nitrogens with zero attached hydrogens (tertiary/aromatic N) is 6. The van der Waals surface area contributed by atoms with Crippen LogP contribution in [0.4, 0.5) is 11.6 Å². The van der Waals surface area contributed by atoms with Crippen LogP contribution in [0.15, 0.2) is 12.4 Å². The maximum atomic E-state index is 11.9. The van der Waals surface area contributed by atoms with Gasteiger partial charge in [-0.25, -0.2) is 24.5 Å². The van der Waals surface area contributed by atoms with E-state index in [0.29, 0.717) is 11.6 Å². The Balaban J connectivity index is 1.47. The van der Waals surface area contributed by atoms with Gasteiger partial charge in [0, 0.05) is 39.5 Å². The van der Waals surface area contributed by atoms with Crippen LogP contribution in [0.3, 0.4) is 0 Å². The Morgan fingerprint density at radius 2 is 1.24 bits per heavy atom. The van der Waals surface area contributed by atoms with Crippen LogP contribution < -0.4 is 16.2 Å². The fourth-order valence-corrected chi connectivity index (χ4v) is 3.63. The molecule has 19 heteroatoms. The lowest BCUT2D eigenvalue weighted by atomic mass is 10.2. The molecule has 3 N–H and O–H groups in total. The fraction of sp³-hybridized carbons (Fsp3) is 0.565. The molecule has 2 rings (SSSR count). The lowest BCUT2D eigenvalue weighted by molar-refractivity contribution is -0.392. The molecule has 0 saturated heterocycles. The lowest BCUT2D eigenvalue weighted by Crippen LogP contribution is -2.44. The highest BCUT2D eigenvalue weighted by atomic mass is 16.6. The number of aryl methyl sites for hydroxylation is 2. The summed E-state index contributed by atoms with van der Waals surface area (Å²) in [5, 5.41) is 24.4. The van der Waals surface area contributed by atoms with Gasteiger partial charge < -0.3 is 35.0 Å². The van der Waals surface area contributed by atoms with Gasteiger partial charge in [-0.05, 0) is 22.7 Å². The average Bonchev–Trinajstić information content (AvgIpc) is 3.48. The molecule has 0 aliphatic heterocycles. The zero-order valence-electron chi connectivity index (χ0n) is 23.2. The van der Waals surface area contributed by atoms with Crippen molar-refractivity contribution >= 4 is 35.4 Å². The lowest BCUT2D eigenvalue weighted by Gasteiger charge is -2.09. The van der Waals surface area contributed by atoms with Crippen molar-refractivity contribution in [1.82, 2.24) is 35.3 Å². The van der Waals surface area contributed by atoms with E-state index in [4.69, 9.17) is 9.47 Å². The molecule has 0 aliphatic rings. The van der Waals surface area contributed by atoms with Crippen LogP contribution in [0.2, 0.25) is 0 Å². The molecule has 0 atom stereocenters. The van der Waals surface area contributed by atoms with Gasteiger partial charge in [0.15, 0.2) is 11.6 Å². The molecule has 0 saturated carbocycles. The highest BCUT2D eigenvalue weighted by Gasteiger charge is 2.19. The molecule has 2 aromatic heterocycles. The quantitative estimate of drug-likeness (QED) is 0.0652. The number of nitrogens with one attached hydrogen (secondary N) is 3. The normalized spacial score (nSPS) is 10.6. The van der Waals surface area contributed by atoms with Crippen molar-refractivity contribution in [3.63, 3.8) is 0 Å². The monoisotopic (exact) mass is 595 g/mol. The van der Waals surface area contributed by atoms with Gasteiger partial charge in [0.05, 0.1) is 6.67 Å². The number of aromatic nitrogens is 4. The maximum absolute atomic E-state index is 11.9. The van der Waals surface area contributed by atoms with E-state index in [0.717, 1.165) is 12.4 Å². The molecule has 42 heavy (non-hydrogen) atoms. The number of hydrogen-bond donors (Lipinski definition) is 3. The van der Waals surface area contributed by atoms with Crippen LogP contribution in [0.25, 0.3) is 0 Å². The molecule has 0 aliphatic carbocycles. The number of imidazole rings is 2. The van der Waals surface area contributed by atoms with Crippen molar-refractivity contribution in [3.8, 4) is 0 Å². The topological polar surface area (TPSA) is 245 Å². The van der Waals surface area contributed by atoms with Gasteiger partial charge in [0.2, 0.25) is 11.8 Å². The zero-order valence-corrected chi connectivity index (χ0v) is 23.2. The minimum Gasteiger partial charge on any atom is -0.461 e. The summed E-state index contributed by atoms with van der Waals surface area (Å²) in [6, 6.07) is 0. The van der Waals surface area contributed by atoms with Gasteiger partial charge in [0.25, 0.3) is 0 Å². The third kappa shape index (κ3) is 11.3. The number of nitro groups is 2. The second kappa shape index (κ2) is 17.0. The first kappa shape index (κ1) is 33.3. The Labute approximate surface area is 239 Å². The Morgan fingerprint density at radius 3 is 1.69 bits per heavy atom. The largest absolute Gasteiger partial charge is 0.461 e. The van der Waals surface area contributed by atoms with E-state index in [1.54, 1.807) is 13.8 Å². The first-order valence-electron chi connectivity index (χ1n) is 12.9. The summed E-state index contributed by atoms with van der Waals surface area (Å²) in [7, 11) is 0. The molecular formula is C23H33N9O10. The number of carbonyl (C=O) groups excluding carboxylic acids is 4. The minimum absolute atomic E-state index is 0.0119. The summed E-state index contributed by atoms with van der Waals surface area (Å²) in [6.07, 6.45) is 2.68. The average molecular weight is 596 g/mol. The van der Waals surface area contributed by atoms with Crippen LogP contribution in [0.1, 0.15) is 50.2 Å². The summed E-state index contributed by atoms with van der Waals surface area (Å²) in [6.45, 7) is 3.13. The Bertz CT molecular complexity index is 1180. The predicted octanol–water partition coefficient (Wildman–Crippen LogP) is 0.335. The smallest absolute Gasteiger partial charge is 0.342 e. The van der Waals surface area contributed by atoms with Crippen molar-refractivity contribution < 1.29 is 38.5 Å². The molecule has 2 heterocycles. The molecule has 2 amide bonds. The third-order valence-electron chi connectivity index (χ3n) is 5.77. The molecular weight excluding hydrogens is 562 g/mol. The van der Waals surface area contributed by atoms with Crippen molar-refractivity contribution in [2.45, 2.75) is 65.5 Å². The van der Waals surface area contributed by atoms with E-state index < -0.39 is 27.7 Å². The molecule has 0 aromatic carbocycles. The number of esters is 2. The molecule has 2 aromatic rings. The first-order chi connectivity index (χ1) is 20.0. The molecule has 0 spiro atoms. The highest BCUT2D eigenvalue weighted by molar-refractivity contribution is 5.77. The van der Waals surface area contributed by atoms with Crippen LogP contribution in [-0.2, 0) is 41.7 Å². The van der Waals surface area contributed by atoms with Gasteiger partial charge in [-0.1, -0.05) is 0 Å². The molecule has 0 radical (unpaired) electrons. The van der Waals surface area contributed by atoms with Gasteiger partial charge in [-0.15, -0.1) is 0 Å². The molecule has 0 fully saturated rings. The van der Waals surface area contributed by atoms with Gasteiger partial charge in [-0.3, -0.25) is 24.6 Å². The third-order valence-corrected chi connectivity index (χ3v) is 5.77. The molecule has 0 bridgehead atoms. The van der Waals surface area contributed by atoms with E-state index in [2.05, 4.69) is 26.1 Å². The first-order valence-corrected chi connectivity index (χ1v) is 12.9. The molecule has 0 unspecified atom stereocenters. The number of hydrazine groups is 1. The predicted molar refractivity (Wildman–Crippen MR) is 141 cm³/mol. The number of hydrogen-bond acceptors (Lipinski definition) is 13.